The smallest absolute Gasteiger partial charge is 0.152 e. The van der Waals surface area contributed by atoms with Gasteiger partial charge in [-0.25, -0.2) is 4.98 Å². The summed E-state index contributed by atoms with van der Waals surface area (Å²) in [5.74, 6) is 0.894. The summed E-state index contributed by atoms with van der Waals surface area (Å²) < 4.78 is 5.78. The second-order valence-electron chi connectivity index (χ2n) is 4.47. The molecule has 0 aliphatic carbocycles. The van der Waals surface area contributed by atoms with Crippen molar-refractivity contribution < 1.29 is 4.74 Å². The van der Waals surface area contributed by atoms with E-state index in [1.807, 2.05) is 50.2 Å². The molecule has 2 rings (SSSR count). The molecule has 1 aromatic carbocycles. The lowest BCUT2D eigenvalue weighted by molar-refractivity contribution is 0.240. The lowest BCUT2D eigenvalue weighted by atomic mass is 10.2. The Kier molecular flexibility index (Phi) is 4.63. The maximum absolute atomic E-state index is 6.01. The number of benzene rings is 1. The third kappa shape index (κ3) is 3.86. The van der Waals surface area contributed by atoms with E-state index in [9.17, 15) is 0 Å². The summed E-state index contributed by atoms with van der Waals surface area (Å²) >= 11 is 6.01. The molecule has 0 fully saturated rings. The third-order valence-electron chi connectivity index (χ3n) is 2.56. The van der Waals surface area contributed by atoms with Gasteiger partial charge in [-0.2, -0.15) is 0 Å². The van der Waals surface area contributed by atoms with Crippen molar-refractivity contribution in [3.8, 4) is 5.75 Å². The highest BCUT2D eigenvalue weighted by Crippen LogP contribution is 2.23. The first-order valence-corrected chi connectivity index (χ1v) is 6.63. The van der Waals surface area contributed by atoms with Gasteiger partial charge in [-0.15, -0.1) is 0 Å². The van der Waals surface area contributed by atoms with Crippen LogP contribution in [0.5, 0.6) is 5.75 Å². The number of ether oxygens (including phenoxy) is 1. The van der Waals surface area contributed by atoms with Gasteiger partial charge in [-0.05, 0) is 32.0 Å². The molecule has 3 nitrogen and oxygen atoms in total. The van der Waals surface area contributed by atoms with Crippen LogP contribution in [0.2, 0.25) is 5.15 Å². The van der Waals surface area contributed by atoms with Crippen LogP contribution in [0.3, 0.4) is 0 Å². The first-order chi connectivity index (χ1) is 9.16. The van der Waals surface area contributed by atoms with E-state index in [1.54, 1.807) is 6.20 Å². The van der Waals surface area contributed by atoms with Crippen LogP contribution in [0.1, 0.15) is 19.4 Å². The molecule has 0 saturated heterocycles. The summed E-state index contributed by atoms with van der Waals surface area (Å²) in [7, 11) is 0. The number of anilines is 1. The molecule has 0 aliphatic rings. The third-order valence-corrected chi connectivity index (χ3v) is 2.86. The molecule has 0 unspecified atom stereocenters. The number of nitrogens with one attached hydrogen (secondary N) is 1. The fourth-order valence-electron chi connectivity index (χ4n) is 1.73. The van der Waals surface area contributed by atoms with Crippen LogP contribution in [0.4, 0.5) is 5.69 Å². The Labute approximate surface area is 118 Å². The minimum atomic E-state index is 0.156. The highest BCUT2D eigenvalue weighted by molar-refractivity contribution is 6.31. The summed E-state index contributed by atoms with van der Waals surface area (Å²) in [6.07, 6.45) is 1.83. The Balaban J connectivity index is 2.09. The molecule has 100 valence electrons. The maximum Gasteiger partial charge on any atom is 0.152 e. The average Bonchev–Trinajstić information content (AvgIpc) is 2.39. The molecule has 0 saturated carbocycles. The van der Waals surface area contributed by atoms with E-state index in [2.05, 4.69) is 10.3 Å². The van der Waals surface area contributed by atoms with Crippen molar-refractivity contribution in [2.45, 2.75) is 26.5 Å². The molecule has 2 aromatic rings. The summed E-state index contributed by atoms with van der Waals surface area (Å²) in [5.41, 5.74) is 1.92. The Bertz CT molecular complexity index is 543. The Morgan fingerprint density at radius 2 is 2.00 bits per heavy atom. The molecular formula is C15H17ClN2O. The first-order valence-electron chi connectivity index (χ1n) is 6.26. The van der Waals surface area contributed by atoms with Crippen molar-refractivity contribution in [1.29, 1.82) is 0 Å². The van der Waals surface area contributed by atoms with E-state index in [4.69, 9.17) is 16.3 Å². The van der Waals surface area contributed by atoms with Crippen LogP contribution in [-0.2, 0) is 6.54 Å². The minimum Gasteiger partial charge on any atom is -0.491 e. The predicted octanol–water partition coefficient (Wildman–Crippen LogP) is 4.13. The molecule has 1 N–H and O–H groups in total. The molecule has 1 aromatic heterocycles. The van der Waals surface area contributed by atoms with E-state index in [-0.39, 0.29) is 6.10 Å². The number of aromatic nitrogens is 1. The van der Waals surface area contributed by atoms with Crippen LogP contribution in [-0.4, -0.2) is 11.1 Å². The van der Waals surface area contributed by atoms with E-state index >= 15 is 0 Å². The highest BCUT2D eigenvalue weighted by Gasteiger charge is 2.06. The van der Waals surface area contributed by atoms with Crippen LogP contribution in [0, 0.1) is 0 Å². The van der Waals surface area contributed by atoms with Gasteiger partial charge in [0, 0.05) is 18.3 Å². The number of para-hydroxylation sites is 1. The molecule has 0 atom stereocenters. The summed E-state index contributed by atoms with van der Waals surface area (Å²) in [6, 6.07) is 11.7. The number of hydrogen-bond donors (Lipinski definition) is 1. The largest absolute Gasteiger partial charge is 0.491 e. The highest BCUT2D eigenvalue weighted by atomic mass is 35.5. The molecule has 0 spiro atoms. The SMILES string of the molecule is CC(C)Oc1ccccc1CNc1cccnc1Cl. The van der Waals surface area contributed by atoms with Gasteiger partial charge in [0.15, 0.2) is 5.15 Å². The predicted molar refractivity (Wildman–Crippen MR) is 78.8 cm³/mol. The normalized spacial score (nSPS) is 10.5. The average molecular weight is 277 g/mol. The second kappa shape index (κ2) is 6.43. The molecule has 0 radical (unpaired) electrons. The minimum absolute atomic E-state index is 0.156. The fourth-order valence-corrected chi connectivity index (χ4v) is 1.91. The van der Waals surface area contributed by atoms with Crippen molar-refractivity contribution in [2.24, 2.45) is 0 Å². The van der Waals surface area contributed by atoms with E-state index < -0.39 is 0 Å². The van der Waals surface area contributed by atoms with Gasteiger partial charge in [0.25, 0.3) is 0 Å². The molecule has 0 amide bonds. The number of halogens is 1. The second-order valence-corrected chi connectivity index (χ2v) is 4.83. The maximum atomic E-state index is 6.01. The topological polar surface area (TPSA) is 34.1 Å². The molecule has 0 bridgehead atoms. The van der Waals surface area contributed by atoms with Gasteiger partial charge in [-0.3, -0.25) is 0 Å². The molecule has 0 aliphatic heterocycles. The van der Waals surface area contributed by atoms with Crippen molar-refractivity contribution in [3.05, 3.63) is 53.3 Å². The van der Waals surface area contributed by atoms with Crippen LogP contribution >= 0.6 is 11.6 Å². The van der Waals surface area contributed by atoms with E-state index in [0.29, 0.717) is 11.7 Å². The van der Waals surface area contributed by atoms with Crippen LogP contribution < -0.4 is 10.1 Å². The van der Waals surface area contributed by atoms with Crippen molar-refractivity contribution in [2.75, 3.05) is 5.32 Å². The van der Waals surface area contributed by atoms with Crippen LogP contribution in [0.25, 0.3) is 0 Å². The zero-order chi connectivity index (χ0) is 13.7. The molecule has 19 heavy (non-hydrogen) atoms. The van der Waals surface area contributed by atoms with Gasteiger partial charge >= 0.3 is 0 Å². The first kappa shape index (κ1) is 13.7. The van der Waals surface area contributed by atoms with E-state index in [0.717, 1.165) is 17.0 Å². The number of hydrogen-bond acceptors (Lipinski definition) is 3. The van der Waals surface area contributed by atoms with Gasteiger partial charge in [-0.1, -0.05) is 29.8 Å². The van der Waals surface area contributed by atoms with Crippen molar-refractivity contribution in [3.63, 3.8) is 0 Å². The number of pyridine rings is 1. The van der Waals surface area contributed by atoms with Crippen molar-refractivity contribution >= 4 is 17.3 Å². The Morgan fingerprint density at radius 1 is 1.21 bits per heavy atom. The van der Waals surface area contributed by atoms with Gasteiger partial charge in [0.2, 0.25) is 0 Å². The van der Waals surface area contributed by atoms with E-state index in [1.165, 1.54) is 0 Å². The van der Waals surface area contributed by atoms with Gasteiger partial charge in [0.05, 0.1) is 11.8 Å². The number of nitrogens with zero attached hydrogens (tertiary/aromatic N) is 1. The lowest BCUT2D eigenvalue weighted by Crippen LogP contribution is -2.09. The van der Waals surface area contributed by atoms with Crippen molar-refractivity contribution in [1.82, 2.24) is 4.98 Å². The molecule has 4 heteroatoms. The summed E-state index contributed by atoms with van der Waals surface area (Å²) in [5, 5.41) is 3.75. The zero-order valence-corrected chi connectivity index (χ0v) is 11.8. The fraction of sp³-hybridized carbons (Fsp3) is 0.267. The zero-order valence-electron chi connectivity index (χ0n) is 11.1. The molecule has 1 heterocycles. The summed E-state index contributed by atoms with van der Waals surface area (Å²) in [4.78, 5) is 4.03. The van der Waals surface area contributed by atoms with Crippen LogP contribution in [0.15, 0.2) is 42.6 Å². The Morgan fingerprint density at radius 3 is 2.74 bits per heavy atom. The molecular weight excluding hydrogens is 260 g/mol. The number of rotatable bonds is 5. The lowest BCUT2D eigenvalue weighted by Gasteiger charge is -2.15. The van der Waals surface area contributed by atoms with Gasteiger partial charge < -0.3 is 10.1 Å². The van der Waals surface area contributed by atoms with Gasteiger partial charge in [0.1, 0.15) is 5.75 Å². The quantitative estimate of drug-likeness (QED) is 0.834. The summed E-state index contributed by atoms with van der Waals surface area (Å²) in [6.45, 7) is 4.68. The Hall–Kier alpha value is -1.74. The monoisotopic (exact) mass is 276 g/mol. The standard InChI is InChI=1S/C15H17ClN2O/c1-11(2)19-14-8-4-3-6-12(14)10-18-13-7-5-9-17-15(13)16/h3-9,11,18H,10H2,1-2H3.